The second-order valence-corrected chi connectivity index (χ2v) is 7.49. The maximum absolute atomic E-state index is 13.9. The van der Waals surface area contributed by atoms with E-state index in [1.165, 1.54) is 6.07 Å². The van der Waals surface area contributed by atoms with Gasteiger partial charge >= 0.3 is 0 Å². The second kappa shape index (κ2) is 5.68. The third kappa shape index (κ3) is 2.77. The second-order valence-electron chi connectivity index (χ2n) is 5.61. The van der Waals surface area contributed by atoms with Crippen molar-refractivity contribution in [2.45, 2.75) is 24.3 Å². The number of hydrogen-bond acceptors (Lipinski definition) is 2. The van der Waals surface area contributed by atoms with Gasteiger partial charge in [0.05, 0.1) is 0 Å². The number of halogens is 1. The fourth-order valence-electron chi connectivity index (χ4n) is 2.96. The lowest BCUT2D eigenvalue weighted by Crippen LogP contribution is -2.44. The first-order valence-corrected chi connectivity index (χ1v) is 8.12. The molecule has 2 aromatic carbocycles. The van der Waals surface area contributed by atoms with Crippen molar-refractivity contribution in [3.63, 3.8) is 0 Å². The minimum Gasteiger partial charge on any atom is -0.336 e. The van der Waals surface area contributed by atoms with Crippen molar-refractivity contribution in [1.29, 1.82) is 0 Å². The lowest BCUT2D eigenvalue weighted by atomic mass is 10.0. The summed E-state index contributed by atoms with van der Waals surface area (Å²) in [5.74, 6) is -0.275. The fourth-order valence-corrected chi connectivity index (χ4v) is 4.29. The van der Waals surface area contributed by atoms with Gasteiger partial charge in [-0.05, 0) is 17.5 Å². The zero-order valence-corrected chi connectivity index (χ0v) is 13.0. The summed E-state index contributed by atoms with van der Waals surface area (Å²) in [4.78, 5) is 14.7. The molecular weight excluding hydrogens is 285 g/mol. The molecule has 21 heavy (non-hydrogen) atoms. The molecule has 4 heteroatoms. The zero-order valence-electron chi connectivity index (χ0n) is 12.2. The van der Waals surface area contributed by atoms with E-state index >= 15 is 0 Å². The van der Waals surface area contributed by atoms with Crippen LogP contribution in [0.3, 0.4) is 0 Å². The number of fused-ring (bicyclic) bond motifs is 1. The molecule has 1 aliphatic heterocycles. The number of rotatable bonds is 1. The van der Waals surface area contributed by atoms with Gasteiger partial charge in [-0.2, -0.15) is 11.8 Å². The van der Waals surface area contributed by atoms with E-state index in [1.54, 1.807) is 18.2 Å². The van der Waals surface area contributed by atoms with Gasteiger partial charge in [0.2, 0.25) is 0 Å². The van der Waals surface area contributed by atoms with E-state index in [2.05, 4.69) is 13.8 Å². The molecular formula is C17H18FNOS. The highest BCUT2D eigenvalue weighted by Crippen LogP contribution is 2.28. The van der Waals surface area contributed by atoms with Crippen molar-refractivity contribution in [2.24, 2.45) is 0 Å². The lowest BCUT2D eigenvalue weighted by molar-refractivity contribution is 0.0755. The number of amides is 1. The summed E-state index contributed by atoms with van der Waals surface area (Å²) in [5.41, 5.74) is 0.596. The summed E-state index contributed by atoms with van der Waals surface area (Å²) in [6.45, 7) is 5.78. The van der Waals surface area contributed by atoms with Crippen LogP contribution in [0.1, 0.15) is 24.2 Å². The van der Waals surface area contributed by atoms with Gasteiger partial charge in [0.15, 0.2) is 0 Å². The first kappa shape index (κ1) is 14.4. The van der Waals surface area contributed by atoms with Gasteiger partial charge < -0.3 is 4.90 Å². The largest absolute Gasteiger partial charge is 0.336 e. The summed E-state index contributed by atoms with van der Waals surface area (Å²) in [6, 6.07) is 10.2. The Kier molecular flexibility index (Phi) is 3.89. The van der Waals surface area contributed by atoms with E-state index in [4.69, 9.17) is 0 Å². The van der Waals surface area contributed by atoms with Crippen molar-refractivity contribution < 1.29 is 9.18 Å². The van der Waals surface area contributed by atoms with Crippen molar-refractivity contribution in [1.82, 2.24) is 4.90 Å². The van der Waals surface area contributed by atoms with E-state index in [9.17, 15) is 9.18 Å². The van der Waals surface area contributed by atoms with Gasteiger partial charge in [-0.25, -0.2) is 4.39 Å². The van der Waals surface area contributed by atoms with Crippen LogP contribution in [-0.4, -0.2) is 34.4 Å². The minimum absolute atomic E-state index is 0.00481. The Morgan fingerprint density at radius 2 is 1.71 bits per heavy atom. The van der Waals surface area contributed by atoms with E-state index in [0.29, 0.717) is 26.8 Å². The van der Waals surface area contributed by atoms with Crippen LogP contribution in [0.2, 0.25) is 0 Å². The normalized spacial score (nSPS) is 22.5. The average molecular weight is 303 g/mol. The summed E-state index contributed by atoms with van der Waals surface area (Å²) in [6.07, 6.45) is 0. The smallest absolute Gasteiger partial charge is 0.254 e. The summed E-state index contributed by atoms with van der Waals surface area (Å²) < 4.78 is 13.9. The van der Waals surface area contributed by atoms with Gasteiger partial charge in [0.1, 0.15) is 5.82 Å². The van der Waals surface area contributed by atoms with Crippen molar-refractivity contribution >= 4 is 28.4 Å². The molecule has 0 radical (unpaired) electrons. The van der Waals surface area contributed by atoms with Crippen LogP contribution in [0.15, 0.2) is 36.4 Å². The Hall–Kier alpha value is -1.55. The van der Waals surface area contributed by atoms with E-state index in [1.807, 2.05) is 28.8 Å². The molecule has 0 spiro atoms. The van der Waals surface area contributed by atoms with Crippen LogP contribution in [0.5, 0.6) is 0 Å². The Morgan fingerprint density at radius 1 is 1.10 bits per heavy atom. The quantitative estimate of drug-likeness (QED) is 0.795. The molecule has 1 heterocycles. The van der Waals surface area contributed by atoms with Crippen LogP contribution >= 0.6 is 11.8 Å². The molecule has 0 aromatic heterocycles. The van der Waals surface area contributed by atoms with Gasteiger partial charge in [-0.15, -0.1) is 0 Å². The molecule has 2 unspecified atom stereocenters. The van der Waals surface area contributed by atoms with Crippen molar-refractivity contribution in [3.05, 3.63) is 47.8 Å². The zero-order chi connectivity index (χ0) is 15.0. The van der Waals surface area contributed by atoms with E-state index in [0.717, 1.165) is 13.1 Å². The number of carbonyl (C=O) groups excluding carboxylic acids is 1. The Balaban J connectivity index is 2.00. The van der Waals surface area contributed by atoms with Crippen molar-refractivity contribution in [3.8, 4) is 0 Å². The van der Waals surface area contributed by atoms with Gasteiger partial charge in [-0.1, -0.05) is 38.1 Å². The van der Waals surface area contributed by atoms with Crippen LogP contribution in [0.25, 0.3) is 10.8 Å². The maximum atomic E-state index is 13.9. The Labute approximate surface area is 128 Å². The molecule has 110 valence electrons. The first-order chi connectivity index (χ1) is 10.1. The first-order valence-electron chi connectivity index (χ1n) is 7.18. The summed E-state index contributed by atoms with van der Waals surface area (Å²) in [7, 11) is 0. The van der Waals surface area contributed by atoms with Gasteiger partial charge in [-0.3, -0.25) is 4.79 Å². The number of hydrogen-bond donors (Lipinski definition) is 0. The fraction of sp³-hybridized carbons (Fsp3) is 0.353. The number of nitrogens with zero attached hydrogens (tertiary/aromatic N) is 1. The molecule has 0 bridgehead atoms. The highest BCUT2D eigenvalue weighted by atomic mass is 32.2. The van der Waals surface area contributed by atoms with E-state index in [-0.39, 0.29) is 11.7 Å². The molecule has 2 nitrogen and oxygen atoms in total. The number of thioether (sulfide) groups is 1. The number of carbonyl (C=O) groups is 1. The topological polar surface area (TPSA) is 20.3 Å². The molecule has 0 saturated carbocycles. The predicted molar refractivity (Wildman–Crippen MR) is 86.3 cm³/mol. The minimum atomic E-state index is -0.280. The standard InChI is InChI=1S/C17H18FNOS/c1-11-9-19(10-12(2)21-11)17(20)15-7-8-16(18)14-6-4-3-5-13(14)15/h3-8,11-12H,9-10H2,1-2H3. The number of benzene rings is 2. The van der Waals surface area contributed by atoms with Crippen LogP contribution in [0.4, 0.5) is 4.39 Å². The monoisotopic (exact) mass is 303 g/mol. The summed E-state index contributed by atoms with van der Waals surface area (Å²) >= 11 is 1.91. The van der Waals surface area contributed by atoms with Crippen molar-refractivity contribution in [2.75, 3.05) is 13.1 Å². The molecule has 1 fully saturated rings. The highest BCUT2D eigenvalue weighted by Gasteiger charge is 2.27. The summed E-state index contributed by atoms with van der Waals surface area (Å²) in [5, 5.41) is 2.07. The average Bonchev–Trinajstić information content (AvgIpc) is 2.46. The molecule has 0 aliphatic carbocycles. The molecule has 1 aliphatic rings. The molecule has 0 N–H and O–H groups in total. The maximum Gasteiger partial charge on any atom is 0.254 e. The molecule has 1 saturated heterocycles. The molecule has 2 aromatic rings. The Morgan fingerprint density at radius 3 is 2.38 bits per heavy atom. The SMILES string of the molecule is CC1CN(C(=O)c2ccc(F)c3ccccc23)CC(C)S1. The Bertz CT molecular complexity index is 678. The third-order valence-electron chi connectivity index (χ3n) is 3.81. The van der Waals surface area contributed by atoms with Crippen LogP contribution in [0, 0.1) is 5.82 Å². The van der Waals surface area contributed by atoms with Gasteiger partial charge in [0, 0.05) is 34.5 Å². The molecule has 1 amide bonds. The molecule has 3 rings (SSSR count). The van der Waals surface area contributed by atoms with E-state index < -0.39 is 0 Å². The highest BCUT2D eigenvalue weighted by molar-refractivity contribution is 8.00. The van der Waals surface area contributed by atoms with Crippen LogP contribution in [-0.2, 0) is 0 Å². The molecule has 2 atom stereocenters. The van der Waals surface area contributed by atoms with Crippen LogP contribution < -0.4 is 0 Å². The lowest BCUT2D eigenvalue weighted by Gasteiger charge is -2.34. The van der Waals surface area contributed by atoms with Gasteiger partial charge in [0.25, 0.3) is 5.91 Å². The third-order valence-corrected chi connectivity index (χ3v) is 5.04. The predicted octanol–water partition coefficient (Wildman–Crippen LogP) is 3.94.